The van der Waals surface area contributed by atoms with E-state index in [2.05, 4.69) is 10.1 Å². The van der Waals surface area contributed by atoms with Gasteiger partial charge in [-0.25, -0.2) is 4.98 Å². The lowest BCUT2D eigenvalue weighted by Crippen LogP contribution is -2.36. The summed E-state index contributed by atoms with van der Waals surface area (Å²) in [6.45, 7) is 7.29. The third-order valence-corrected chi connectivity index (χ3v) is 5.45. The SMILES string of the molecule is CCn1ncc(C(=O)N2CCc3c(c(-c4cocn4)nn3CCCOC)C2)c1C. The topological polar surface area (TPSA) is 91.2 Å². The second-order valence-electron chi connectivity index (χ2n) is 7.15. The molecule has 0 spiro atoms. The van der Waals surface area contributed by atoms with Gasteiger partial charge in [0.25, 0.3) is 5.91 Å². The zero-order valence-electron chi connectivity index (χ0n) is 17.1. The average Bonchev–Trinajstić information content (AvgIpc) is 3.46. The van der Waals surface area contributed by atoms with E-state index < -0.39 is 0 Å². The van der Waals surface area contributed by atoms with Crippen molar-refractivity contribution in [3.05, 3.63) is 41.4 Å². The van der Waals surface area contributed by atoms with Gasteiger partial charge in [0, 0.05) is 56.7 Å². The summed E-state index contributed by atoms with van der Waals surface area (Å²) in [5.41, 5.74) is 5.22. The molecule has 3 aromatic rings. The van der Waals surface area contributed by atoms with Crippen molar-refractivity contribution in [1.82, 2.24) is 29.4 Å². The van der Waals surface area contributed by atoms with Gasteiger partial charge in [0.05, 0.1) is 18.3 Å². The number of carbonyl (C=O) groups excluding carboxylic acids is 1. The van der Waals surface area contributed by atoms with E-state index in [9.17, 15) is 4.79 Å². The van der Waals surface area contributed by atoms with Crippen molar-refractivity contribution in [2.75, 3.05) is 20.3 Å². The van der Waals surface area contributed by atoms with E-state index >= 15 is 0 Å². The molecule has 0 aromatic carbocycles. The molecule has 1 aliphatic rings. The van der Waals surface area contributed by atoms with E-state index in [1.807, 2.05) is 28.1 Å². The number of carbonyl (C=O) groups is 1. The normalized spacial score (nSPS) is 13.7. The van der Waals surface area contributed by atoms with Gasteiger partial charge < -0.3 is 14.1 Å². The molecule has 29 heavy (non-hydrogen) atoms. The molecule has 9 heteroatoms. The molecule has 4 heterocycles. The van der Waals surface area contributed by atoms with Crippen molar-refractivity contribution in [3.63, 3.8) is 0 Å². The third kappa shape index (κ3) is 3.57. The summed E-state index contributed by atoms with van der Waals surface area (Å²) in [5, 5.41) is 9.11. The molecule has 0 atom stereocenters. The minimum absolute atomic E-state index is 0.00563. The van der Waals surface area contributed by atoms with Crippen LogP contribution in [0.1, 0.15) is 40.7 Å². The number of ether oxygens (including phenoxy) is 1. The van der Waals surface area contributed by atoms with Gasteiger partial charge in [-0.15, -0.1) is 0 Å². The summed E-state index contributed by atoms with van der Waals surface area (Å²) in [7, 11) is 1.70. The zero-order valence-corrected chi connectivity index (χ0v) is 17.1. The standard InChI is InChI=1S/C20H26N6O3/c1-4-25-14(2)15(10-22-25)20(27)24-8-6-18-16(11-24)19(17-12-29-13-21-17)23-26(18)7-5-9-28-3/h10,12-13H,4-9,11H2,1-3H3. The molecule has 0 aliphatic carbocycles. The zero-order chi connectivity index (χ0) is 20.4. The van der Waals surface area contributed by atoms with Crippen molar-refractivity contribution in [2.24, 2.45) is 0 Å². The fraction of sp³-hybridized carbons (Fsp3) is 0.500. The molecule has 0 bridgehead atoms. The quantitative estimate of drug-likeness (QED) is 0.567. The molecule has 0 unspecified atom stereocenters. The number of methoxy groups -OCH3 is 1. The Balaban J connectivity index is 1.63. The maximum absolute atomic E-state index is 13.2. The number of oxazole rings is 1. The summed E-state index contributed by atoms with van der Waals surface area (Å²) in [5.74, 6) is 0.00563. The van der Waals surface area contributed by atoms with E-state index in [0.29, 0.717) is 31.0 Å². The number of hydrogen-bond donors (Lipinski definition) is 0. The molecule has 0 saturated heterocycles. The Labute approximate surface area is 169 Å². The Kier molecular flexibility index (Phi) is 5.48. The molecule has 154 valence electrons. The lowest BCUT2D eigenvalue weighted by molar-refractivity contribution is 0.0732. The molecule has 0 radical (unpaired) electrons. The van der Waals surface area contributed by atoms with Crippen LogP contribution in [-0.2, 0) is 30.8 Å². The second-order valence-corrected chi connectivity index (χ2v) is 7.15. The highest BCUT2D eigenvalue weighted by atomic mass is 16.5. The van der Waals surface area contributed by atoms with Crippen LogP contribution in [-0.4, -0.2) is 55.6 Å². The van der Waals surface area contributed by atoms with Crippen LogP contribution >= 0.6 is 0 Å². The summed E-state index contributed by atoms with van der Waals surface area (Å²) < 4.78 is 14.2. The molecule has 1 amide bonds. The number of fused-ring (bicyclic) bond motifs is 1. The molecule has 3 aromatic heterocycles. The lowest BCUT2D eigenvalue weighted by atomic mass is 10.0. The molecule has 4 rings (SSSR count). The van der Waals surface area contributed by atoms with Gasteiger partial charge >= 0.3 is 0 Å². The lowest BCUT2D eigenvalue weighted by Gasteiger charge is -2.28. The van der Waals surface area contributed by atoms with Crippen LogP contribution in [0.15, 0.2) is 23.3 Å². The van der Waals surface area contributed by atoms with Crippen LogP contribution in [0.4, 0.5) is 0 Å². The Morgan fingerprint density at radius 3 is 2.90 bits per heavy atom. The van der Waals surface area contributed by atoms with Crippen LogP contribution in [0, 0.1) is 6.92 Å². The molecule has 0 N–H and O–H groups in total. The van der Waals surface area contributed by atoms with Gasteiger partial charge in [0.1, 0.15) is 17.7 Å². The maximum atomic E-state index is 13.2. The van der Waals surface area contributed by atoms with E-state index in [1.54, 1.807) is 19.6 Å². The van der Waals surface area contributed by atoms with Crippen LogP contribution in [0.3, 0.4) is 0 Å². The van der Waals surface area contributed by atoms with Gasteiger partial charge in [-0.1, -0.05) is 0 Å². The number of rotatable bonds is 7. The monoisotopic (exact) mass is 398 g/mol. The first-order valence-corrected chi connectivity index (χ1v) is 9.91. The third-order valence-electron chi connectivity index (χ3n) is 5.45. The first kappa shape index (κ1) is 19.4. The van der Waals surface area contributed by atoms with Crippen molar-refractivity contribution in [2.45, 2.75) is 46.3 Å². The number of hydrogen-bond acceptors (Lipinski definition) is 6. The number of aryl methyl sites for hydroxylation is 2. The Morgan fingerprint density at radius 2 is 2.21 bits per heavy atom. The van der Waals surface area contributed by atoms with E-state index in [4.69, 9.17) is 14.3 Å². The predicted molar refractivity (Wildman–Crippen MR) is 105 cm³/mol. The van der Waals surface area contributed by atoms with E-state index in [1.165, 1.54) is 6.39 Å². The Hall–Kier alpha value is -2.94. The summed E-state index contributed by atoms with van der Waals surface area (Å²) in [6, 6.07) is 0. The molecular formula is C20H26N6O3. The van der Waals surface area contributed by atoms with Crippen LogP contribution in [0.2, 0.25) is 0 Å². The van der Waals surface area contributed by atoms with Gasteiger partial charge in [-0.2, -0.15) is 10.2 Å². The van der Waals surface area contributed by atoms with Gasteiger partial charge in [-0.05, 0) is 20.3 Å². The van der Waals surface area contributed by atoms with Crippen LogP contribution in [0.5, 0.6) is 0 Å². The highest BCUT2D eigenvalue weighted by molar-refractivity contribution is 5.95. The van der Waals surface area contributed by atoms with Crippen LogP contribution < -0.4 is 0 Å². The average molecular weight is 398 g/mol. The summed E-state index contributed by atoms with van der Waals surface area (Å²) in [6.07, 6.45) is 6.29. The van der Waals surface area contributed by atoms with Gasteiger partial charge in [0.2, 0.25) is 0 Å². The van der Waals surface area contributed by atoms with Crippen molar-refractivity contribution in [1.29, 1.82) is 0 Å². The van der Waals surface area contributed by atoms with Gasteiger partial charge in [-0.3, -0.25) is 14.2 Å². The molecule has 1 aliphatic heterocycles. The van der Waals surface area contributed by atoms with Gasteiger partial charge in [0.15, 0.2) is 6.39 Å². The molecule has 0 saturated carbocycles. The summed E-state index contributed by atoms with van der Waals surface area (Å²) in [4.78, 5) is 19.3. The Morgan fingerprint density at radius 1 is 1.34 bits per heavy atom. The highest BCUT2D eigenvalue weighted by Crippen LogP contribution is 2.30. The first-order valence-electron chi connectivity index (χ1n) is 9.91. The minimum atomic E-state index is 0.00563. The number of amides is 1. The summed E-state index contributed by atoms with van der Waals surface area (Å²) >= 11 is 0. The highest BCUT2D eigenvalue weighted by Gasteiger charge is 2.30. The van der Waals surface area contributed by atoms with Crippen molar-refractivity contribution < 1.29 is 13.9 Å². The Bertz CT molecular complexity index is 988. The smallest absolute Gasteiger partial charge is 0.257 e. The van der Waals surface area contributed by atoms with Crippen molar-refractivity contribution >= 4 is 5.91 Å². The van der Waals surface area contributed by atoms with E-state index in [0.717, 1.165) is 48.6 Å². The maximum Gasteiger partial charge on any atom is 0.257 e. The predicted octanol–water partition coefficient (Wildman–Crippen LogP) is 2.30. The molecule has 9 nitrogen and oxygen atoms in total. The largest absolute Gasteiger partial charge is 0.451 e. The fourth-order valence-electron chi connectivity index (χ4n) is 3.89. The first-order chi connectivity index (χ1) is 14.1. The van der Waals surface area contributed by atoms with Crippen LogP contribution in [0.25, 0.3) is 11.4 Å². The fourth-order valence-corrected chi connectivity index (χ4v) is 3.89. The van der Waals surface area contributed by atoms with E-state index in [-0.39, 0.29) is 5.91 Å². The second kappa shape index (κ2) is 8.20. The van der Waals surface area contributed by atoms with Crippen molar-refractivity contribution in [3.8, 4) is 11.4 Å². The number of aromatic nitrogens is 5. The number of nitrogens with zero attached hydrogens (tertiary/aromatic N) is 6. The molecular weight excluding hydrogens is 372 g/mol. The minimum Gasteiger partial charge on any atom is -0.451 e. The molecule has 0 fully saturated rings.